The van der Waals surface area contributed by atoms with Crippen LogP contribution in [0, 0.1) is 5.92 Å². The highest BCUT2D eigenvalue weighted by Gasteiger charge is 2.16. The Balaban J connectivity index is 3.98. The van der Waals surface area contributed by atoms with Crippen molar-refractivity contribution in [2.75, 3.05) is 6.54 Å². The Hall–Kier alpha value is -0.300. The van der Waals surface area contributed by atoms with Crippen LogP contribution in [0.25, 0.3) is 0 Å². The fourth-order valence-electron chi connectivity index (χ4n) is 1.99. The van der Waals surface area contributed by atoms with Crippen molar-refractivity contribution < 1.29 is 0 Å². The van der Waals surface area contributed by atoms with E-state index < -0.39 is 0 Å². The molecular formula is C13H27N. The van der Waals surface area contributed by atoms with Crippen LogP contribution in [0.2, 0.25) is 0 Å². The molecule has 0 saturated carbocycles. The summed E-state index contributed by atoms with van der Waals surface area (Å²) >= 11 is 0. The van der Waals surface area contributed by atoms with Crippen LogP contribution in [0.1, 0.15) is 52.9 Å². The SMILES string of the molecule is C=CCCC(NCCC)C(CC)CC. The summed E-state index contributed by atoms with van der Waals surface area (Å²) in [5.74, 6) is 0.835. The molecule has 0 aliphatic carbocycles. The molecule has 0 aromatic heterocycles. The summed E-state index contributed by atoms with van der Waals surface area (Å²) in [4.78, 5) is 0. The average Bonchev–Trinajstić information content (AvgIpc) is 2.22. The van der Waals surface area contributed by atoms with Crippen LogP contribution in [-0.4, -0.2) is 12.6 Å². The highest BCUT2D eigenvalue weighted by Crippen LogP contribution is 2.17. The van der Waals surface area contributed by atoms with Crippen molar-refractivity contribution >= 4 is 0 Å². The van der Waals surface area contributed by atoms with Gasteiger partial charge in [0.25, 0.3) is 0 Å². The molecule has 0 heterocycles. The number of hydrogen-bond donors (Lipinski definition) is 1. The Morgan fingerprint density at radius 1 is 1.21 bits per heavy atom. The third-order valence-electron chi connectivity index (χ3n) is 2.96. The molecule has 1 heteroatoms. The van der Waals surface area contributed by atoms with E-state index in [0.717, 1.165) is 18.9 Å². The van der Waals surface area contributed by atoms with Crippen molar-refractivity contribution in [2.45, 2.75) is 58.9 Å². The van der Waals surface area contributed by atoms with Crippen LogP contribution in [0.4, 0.5) is 0 Å². The van der Waals surface area contributed by atoms with Crippen molar-refractivity contribution in [3.8, 4) is 0 Å². The van der Waals surface area contributed by atoms with Crippen LogP contribution >= 0.6 is 0 Å². The van der Waals surface area contributed by atoms with Gasteiger partial charge in [-0.25, -0.2) is 0 Å². The third kappa shape index (κ3) is 5.43. The predicted octanol–water partition coefficient (Wildman–Crippen LogP) is 3.76. The van der Waals surface area contributed by atoms with Crippen molar-refractivity contribution in [2.24, 2.45) is 5.92 Å². The Morgan fingerprint density at radius 3 is 2.29 bits per heavy atom. The zero-order chi connectivity index (χ0) is 10.8. The largest absolute Gasteiger partial charge is 0.314 e. The van der Waals surface area contributed by atoms with Crippen LogP contribution < -0.4 is 5.32 Å². The Labute approximate surface area is 90.0 Å². The molecule has 1 N–H and O–H groups in total. The summed E-state index contributed by atoms with van der Waals surface area (Å²) < 4.78 is 0. The lowest BCUT2D eigenvalue weighted by Crippen LogP contribution is -2.36. The van der Waals surface area contributed by atoms with E-state index in [1.54, 1.807) is 0 Å². The summed E-state index contributed by atoms with van der Waals surface area (Å²) in [6.45, 7) is 11.8. The maximum absolute atomic E-state index is 3.80. The molecule has 0 bridgehead atoms. The lowest BCUT2D eigenvalue weighted by atomic mass is 9.91. The van der Waals surface area contributed by atoms with Crippen molar-refractivity contribution in [1.29, 1.82) is 0 Å². The van der Waals surface area contributed by atoms with E-state index in [9.17, 15) is 0 Å². The molecule has 0 amide bonds. The average molecular weight is 197 g/mol. The number of nitrogens with one attached hydrogen (secondary N) is 1. The number of rotatable bonds is 9. The van der Waals surface area contributed by atoms with E-state index in [-0.39, 0.29) is 0 Å². The van der Waals surface area contributed by atoms with Gasteiger partial charge in [-0.3, -0.25) is 0 Å². The van der Waals surface area contributed by atoms with Gasteiger partial charge in [-0.1, -0.05) is 39.7 Å². The first-order valence-electron chi connectivity index (χ1n) is 6.14. The second-order valence-electron chi connectivity index (χ2n) is 4.00. The zero-order valence-corrected chi connectivity index (χ0v) is 10.2. The maximum Gasteiger partial charge on any atom is 0.00980 e. The molecule has 0 spiro atoms. The molecule has 0 saturated heterocycles. The van der Waals surface area contributed by atoms with E-state index >= 15 is 0 Å². The molecule has 14 heavy (non-hydrogen) atoms. The molecule has 1 atom stereocenters. The van der Waals surface area contributed by atoms with Gasteiger partial charge in [0.2, 0.25) is 0 Å². The molecule has 0 aromatic carbocycles. The Kier molecular flexibility index (Phi) is 9.06. The van der Waals surface area contributed by atoms with Gasteiger partial charge in [-0.15, -0.1) is 6.58 Å². The fourth-order valence-corrected chi connectivity index (χ4v) is 1.99. The summed E-state index contributed by atoms with van der Waals surface area (Å²) in [6.07, 6.45) is 8.21. The highest BCUT2D eigenvalue weighted by molar-refractivity contribution is 4.78. The first-order valence-corrected chi connectivity index (χ1v) is 6.14. The minimum absolute atomic E-state index is 0.697. The van der Waals surface area contributed by atoms with Gasteiger partial charge in [-0.2, -0.15) is 0 Å². The quantitative estimate of drug-likeness (QED) is 0.555. The fraction of sp³-hybridized carbons (Fsp3) is 0.846. The Morgan fingerprint density at radius 2 is 1.86 bits per heavy atom. The van der Waals surface area contributed by atoms with E-state index in [0.29, 0.717) is 6.04 Å². The van der Waals surface area contributed by atoms with Gasteiger partial charge in [0, 0.05) is 6.04 Å². The monoisotopic (exact) mass is 197 g/mol. The maximum atomic E-state index is 3.80. The molecule has 0 aliphatic heterocycles. The van der Waals surface area contributed by atoms with Crippen LogP contribution in [0.3, 0.4) is 0 Å². The smallest absolute Gasteiger partial charge is 0.00980 e. The first-order chi connectivity index (χ1) is 6.79. The Bertz CT molecular complexity index is 127. The van der Waals surface area contributed by atoms with E-state index in [2.05, 4.69) is 32.7 Å². The molecule has 0 fully saturated rings. The van der Waals surface area contributed by atoms with E-state index in [4.69, 9.17) is 0 Å². The second-order valence-corrected chi connectivity index (χ2v) is 4.00. The topological polar surface area (TPSA) is 12.0 Å². The minimum Gasteiger partial charge on any atom is -0.314 e. The zero-order valence-electron chi connectivity index (χ0n) is 10.2. The molecule has 0 aromatic rings. The van der Waals surface area contributed by atoms with Crippen molar-refractivity contribution in [3.63, 3.8) is 0 Å². The standard InChI is InChI=1S/C13H27N/c1-5-9-10-13(14-11-6-2)12(7-3)8-4/h5,12-14H,1,6-11H2,2-4H3. The van der Waals surface area contributed by atoms with Gasteiger partial charge in [0.15, 0.2) is 0 Å². The molecule has 84 valence electrons. The molecule has 0 radical (unpaired) electrons. The number of hydrogen-bond acceptors (Lipinski definition) is 1. The highest BCUT2D eigenvalue weighted by atomic mass is 14.9. The summed E-state index contributed by atoms with van der Waals surface area (Å²) in [6, 6.07) is 0.697. The van der Waals surface area contributed by atoms with Crippen LogP contribution in [0.15, 0.2) is 12.7 Å². The number of allylic oxidation sites excluding steroid dienone is 1. The van der Waals surface area contributed by atoms with Gasteiger partial charge >= 0.3 is 0 Å². The van der Waals surface area contributed by atoms with Gasteiger partial charge in [0.1, 0.15) is 0 Å². The lowest BCUT2D eigenvalue weighted by molar-refractivity contribution is 0.319. The summed E-state index contributed by atoms with van der Waals surface area (Å²) in [5.41, 5.74) is 0. The molecule has 1 unspecified atom stereocenters. The van der Waals surface area contributed by atoms with Gasteiger partial charge < -0.3 is 5.32 Å². The summed E-state index contributed by atoms with van der Waals surface area (Å²) in [7, 11) is 0. The van der Waals surface area contributed by atoms with E-state index in [1.807, 2.05) is 6.08 Å². The second kappa shape index (κ2) is 9.26. The lowest BCUT2D eigenvalue weighted by Gasteiger charge is -2.26. The van der Waals surface area contributed by atoms with Crippen LogP contribution in [0.5, 0.6) is 0 Å². The van der Waals surface area contributed by atoms with Gasteiger partial charge in [0.05, 0.1) is 0 Å². The van der Waals surface area contributed by atoms with Gasteiger partial charge in [-0.05, 0) is 31.7 Å². The van der Waals surface area contributed by atoms with Crippen molar-refractivity contribution in [3.05, 3.63) is 12.7 Å². The molecule has 0 rings (SSSR count). The van der Waals surface area contributed by atoms with E-state index in [1.165, 1.54) is 25.7 Å². The normalized spacial score (nSPS) is 13.1. The third-order valence-corrected chi connectivity index (χ3v) is 2.96. The molecule has 1 nitrogen and oxygen atoms in total. The summed E-state index contributed by atoms with van der Waals surface area (Å²) in [5, 5.41) is 3.66. The molecule has 0 aliphatic rings. The first kappa shape index (κ1) is 13.7. The van der Waals surface area contributed by atoms with Crippen LogP contribution in [-0.2, 0) is 0 Å². The van der Waals surface area contributed by atoms with Crippen molar-refractivity contribution in [1.82, 2.24) is 5.32 Å². The minimum atomic E-state index is 0.697. The molecular weight excluding hydrogens is 170 g/mol. The predicted molar refractivity (Wildman–Crippen MR) is 65.6 cm³/mol.